The quantitative estimate of drug-likeness (QED) is 0.216. The number of carbonyl (C=O) groups is 4. The largest absolute Gasteiger partial charge is 0.462 e. The number of hydrogen-bond acceptors (Lipinski definition) is 12. The van der Waals surface area contributed by atoms with Gasteiger partial charge in [0.2, 0.25) is 0 Å². The third-order valence-corrected chi connectivity index (χ3v) is 12.3. The second-order valence-corrected chi connectivity index (χ2v) is 16.8. The van der Waals surface area contributed by atoms with Crippen molar-refractivity contribution in [2.75, 3.05) is 0 Å². The van der Waals surface area contributed by atoms with Crippen LogP contribution >= 0.6 is 0 Å². The molecule has 0 unspecified atom stereocenters. The van der Waals surface area contributed by atoms with E-state index in [1.807, 2.05) is 55.4 Å². The summed E-state index contributed by atoms with van der Waals surface area (Å²) in [5.41, 5.74) is 0. The first-order chi connectivity index (χ1) is 25.2. The third-order valence-electron chi connectivity index (χ3n) is 12.3. The molecular formula is C41H66O12. The molecule has 0 aliphatic carbocycles. The van der Waals surface area contributed by atoms with Gasteiger partial charge in [0.25, 0.3) is 0 Å². The van der Waals surface area contributed by atoms with Gasteiger partial charge in [-0.2, -0.15) is 0 Å². The molecule has 12 heteroatoms. The molecule has 5 heterocycles. The van der Waals surface area contributed by atoms with Crippen molar-refractivity contribution < 1.29 is 57.1 Å². The van der Waals surface area contributed by atoms with Gasteiger partial charge in [-0.1, -0.05) is 6.92 Å². The Morgan fingerprint density at radius 1 is 0.396 bits per heavy atom. The summed E-state index contributed by atoms with van der Waals surface area (Å²) >= 11 is 0. The van der Waals surface area contributed by atoms with Crippen LogP contribution in [-0.4, -0.2) is 97.1 Å². The van der Waals surface area contributed by atoms with Gasteiger partial charge in [0.15, 0.2) is 0 Å². The van der Waals surface area contributed by atoms with Crippen LogP contribution in [0.5, 0.6) is 0 Å². The SMILES string of the molecule is CC[C@@H]1C[C@H]2CC[C@H](O2)[C@H](C)C(=O)O[C@@H](C)C[C@@H]2CC[C@H](O2)[C@@H](C)C(=O)O[C@H](C)C[C@H]2CC[C@H](O2)[C@H](C)C(=O)O[C@@H](C)C[C@@H]2CC[C@H](O2)[C@@H](C)C(=O)O1. The number of fused-ring (bicyclic) bond motifs is 8. The molecule has 0 radical (unpaired) electrons. The predicted octanol–water partition coefficient (Wildman–Crippen LogP) is 6.41. The van der Waals surface area contributed by atoms with Crippen molar-refractivity contribution >= 4 is 23.9 Å². The van der Waals surface area contributed by atoms with Crippen LogP contribution in [0.25, 0.3) is 0 Å². The molecule has 0 spiro atoms. The molecule has 16 atom stereocenters. The molecule has 5 rings (SSSR count). The summed E-state index contributed by atoms with van der Waals surface area (Å²) in [6, 6.07) is 0. The smallest absolute Gasteiger partial charge is 0.311 e. The Kier molecular flexibility index (Phi) is 15.0. The zero-order valence-electron chi connectivity index (χ0n) is 33.3. The highest BCUT2D eigenvalue weighted by Crippen LogP contribution is 2.35. The molecule has 0 N–H and O–H groups in total. The van der Waals surface area contributed by atoms with Crippen molar-refractivity contribution in [3.63, 3.8) is 0 Å². The van der Waals surface area contributed by atoms with Gasteiger partial charge in [-0.25, -0.2) is 0 Å². The van der Waals surface area contributed by atoms with Crippen molar-refractivity contribution in [1.29, 1.82) is 0 Å². The fourth-order valence-corrected chi connectivity index (χ4v) is 8.74. The van der Waals surface area contributed by atoms with Crippen molar-refractivity contribution in [3.8, 4) is 0 Å². The van der Waals surface area contributed by atoms with E-state index < -0.39 is 23.7 Å². The molecule has 5 aliphatic heterocycles. The predicted molar refractivity (Wildman–Crippen MR) is 194 cm³/mol. The van der Waals surface area contributed by atoms with Gasteiger partial charge in [-0.15, -0.1) is 0 Å². The zero-order valence-corrected chi connectivity index (χ0v) is 33.3. The minimum atomic E-state index is -0.435. The maximum Gasteiger partial charge on any atom is 0.311 e. The first-order valence-electron chi connectivity index (χ1n) is 20.6. The Labute approximate surface area is 316 Å². The van der Waals surface area contributed by atoms with E-state index in [2.05, 4.69) is 0 Å². The number of ether oxygens (including phenoxy) is 8. The summed E-state index contributed by atoms with van der Waals surface area (Å²) in [5, 5.41) is 0. The maximum atomic E-state index is 13.3. The van der Waals surface area contributed by atoms with Crippen molar-refractivity contribution in [2.45, 2.75) is 212 Å². The number of carbonyl (C=O) groups excluding carboxylic acids is 4. The Morgan fingerprint density at radius 3 is 0.943 bits per heavy atom. The van der Waals surface area contributed by atoms with Crippen LogP contribution in [0, 0.1) is 23.7 Å². The van der Waals surface area contributed by atoms with Gasteiger partial charge < -0.3 is 37.9 Å². The van der Waals surface area contributed by atoms with Gasteiger partial charge in [-0.3, -0.25) is 19.2 Å². The molecule has 8 bridgehead atoms. The normalized spacial score (nSPS) is 44.6. The lowest BCUT2D eigenvalue weighted by molar-refractivity contribution is -0.161. The van der Waals surface area contributed by atoms with Crippen LogP contribution in [0.3, 0.4) is 0 Å². The lowest BCUT2D eigenvalue weighted by Gasteiger charge is -2.26. The fourth-order valence-electron chi connectivity index (χ4n) is 8.74. The number of rotatable bonds is 1. The molecule has 0 aromatic rings. The van der Waals surface area contributed by atoms with E-state index in [-0.39, 0.29) is 97.1 Å². The molecule has 5 aliphatic rings. The van der Waals surface area contributed by atoms with Gasteiger partial charge >= 0.3 is 23.9 Å². The van der Waals surface area contributed by atoms with Crippen molar-refractivity contribution in [1.82, 2.24) is 0 Å². The summed E-state index contributed by atoms with van der Waals surface area (Å²) < 4.78 is 48.7. The standard InChI is InChI=1S/C41H66O12/c1-9-29-21-33-13-17-36(52-33)27(7)40(44)48-23(3)19-31-11-15-34(50-31)25(5)38(42)46-22(2)18-30-10-14-35(49-30)26(6)39(43)47-24(4)20-32-12-16-37(51-32)28(8)41(45)53-29/h22-37H,9-21H2,1-8H3/t22-,23+,24+,25-,26+,27+,28-,29-,30-,31+,32+,33-,34+,35+,36+,37+/m1/s1. The average Bonchev–Trinajstić information content (AvgIpc) is 3.94. The molecule has 0 saturated carbocycles. The van der Waals surface area contributed by atoms with E-state index in [4.69, 9.17) is 37.9 Å². The molecule has 0 amide bonds. The Balaban J connectivity index is 1.21. The van der Waals surface area contributed by atoms with Gasteiger partial charge in [0.05, 0.1) is 72.5 Å². The number of hydrogen-bond donors (Lipinski definition) is 0. The summed E-state index contributed by atoms with van der Waals surface area (Å²) in [6.07, 6.45) is 5.97. The molecule has 53 heavy (non-hydrogen) atoms. The molecule has 5 saturated heterocycles. The highest BCUT2D eigenvalue weighted by Gasteiger charge is 2.41. The van der Waals surface area contributed by atoms with Gasteiger partial charge in [0.1, 0.15) is 24.4 Å². The maximum absolute atomic E-state index is 13.3. The molecule has 0 aromatic heterocycles. The van der Waals surface area contributed by atoms with Crippen LogP contribution in [0.4, 0.5) is 0 Å². The highest BCUT2D eigenvalue weighted by molar-refractivity contribution is 5.74. The Hall–Kier alpha value is -2.28. The summed E-state index contributed by atoms with van der Waals surface area (Å²) in [4.78, 5) is 52.7. The average molecular weight is 751 g/mol. The fraction of sp³-hybridized carbons (Fsp3) is 0.902. The summed E-state index contributed by atoms with van der Waals surface area (Å²) in [7, 11) is 0. The zero-order chi connectivity index (χ0) is 38.4. The second-order valence-electron chi connectivity index (χ2n) is 16.8. The topological polar surface area (TPSA) is 142 Å². The van der Waals surface area contributed by atoms with Gasteiger partial charge in [-0.05, 0) is 106 Å². The highest BCUT2D eigenvalue weighted by atomic mass is 16.6. The van der Waals surface area contributed by atoms with E-state index in [1.165, 1.54) is 0 Å². The van der Waals surface area contributed by atoms with Gasteiger partial charge in [0, 0.05) is 25.7 Å². The second kappa shape index (κ2) is 19.0. The lowest BCUT2D eigenvalue weighted by atomic mass is 10.00. The molecule has 0 aromatic carbocycles. The molecule has 302 valence electrons. The van der Waals surface area contributed by atoms with Crippen molar-refractivity contribution in [2.24, 2.45) is 23.7 Å². The molecule has 12 nitrogen and oxygen atoms in total. The van der Waals surface area contributed by atoms with Crippen molar-refractivity contribution in [3.05, 3.63) is 0 Å². The van der Waals surface area contributed by atoms with Crippen LogP contribution in [-0.2, 0) is 57.1 Å². The minimum Gasteiger partial charge on any atom is -0.462 e. The van der Waals surface area contributed by atoms with E-state index >= 15 is 0 Å². The molecular weight excluding hydrogens is 684 g/mol. The first kappa shape index (κ1) is 41.9. The number of esters is 4. The summed E-state index contributed by atoms with van der Waals surface area (Å²) in [5.74, 6) is -2.91. The van der Waals surface area contributed by atoms with Crippen LogP contribution in [0.1, 0.15) is 139 Å². The lowest BCUT2D eigenvalue weighted by Crippen LogP contribution is -2.34. The Bertz CT molecular complexity index is 1240. The van der Waals surface area contributed by atoms with Crippen LogP contribution in [0.15, 0.2) is 0 Å². The van der Waals surface area contributed by atoms with E-state index in [0.29, 0.717) is 32.1 Å². The van der Waals surface area contributed by atoms with E-state index in [9.17, 15) is 19.2 Å². The Morgan fingerprint density at radius 2 is 0.660 bits per heavy atom. The van der Waals surface area contributed by atoms with E-state index in [0.717, 1.165) is 51.4 Å². The first-order valence-corrected chi connectivity index (χ1v) is 20.6. The minimum absolute atomic E-state index is 0.115. The summed E-state index contributed by atoms with van der Waals surface area (Å²) in [6.45, 7) is 15.0. The van der Waals surface area contributed by atoms with Crippen LogP contribution < -0.4 is 0 Å². The monoisotopic (exact) mass is 750 g/mol. The van der Waals surface area contributed by atoms with Crippen LogP contribution in [0.2, 0.25) is 0 Å². The third kappa shape index (κ3) is 11.4. The number of cyclic esters (lactones) is 4. The molecule has 5 fully saturated rings. The van der Waals surface area contributed by atoms with E-state index in [1.54, 1.807) is 0 Å².